The summed E-state index contributed by atoms with van der Waals surface area (Å²) in [7, 11) is 0. The highest BCUT2D eigenvalue weighted by molar-refractivity contribution is 8.00. The van der Waals surface area contributed by atoms with Crippen LogP contribution in [0.3, 0.4) is 0 Å². The van der Waals surface area contributed by atoms with Gasteiger partial charge in [-0.05, 0) is 50.8 Å². The molecule has 1 aromatic rings. The molecule has 1 N–H and O–H groups in total. The molecule has 1 aromatic carbocycles. The van der Waals surface area contributed by atoms with Crippen LogP contribution in [0.4, 0.5) is 0 Å². The van der Waals surface area contributed by atoms with E-state index in [4.69, 9.17) is 0 Å². The van der Waals surface area contributed by atoms with Gasteiger partial charge in [0.1, 0.15) is 6.23 Å². The van der Waals surface area contributed by atoms with Crippen LogP contribution >= 0.6 is 11.8 Å². The second-order valence-electron chi connectivity index (χ2n) is 6.39. The first-order chi connectivity index (χ1) is 9.65. The highest BCUT2D eigenvalue weighted by atomic mass is 32.2. The second kappa shape index (κ2) is 5.70. The molecular weight excluding hydrogens is 266 g/mol. The van der Waals surface area contributed by atoms with Crippen molar-refractivity contribution in [2.75, 3.05) is 6.26 Å². The zero-order valence-electron chi connectivity index (χ0n) is 12.5. The Morgan fingerprint density at radius 1 is 1.20 bits per heavy atom. The number of rotatable bonds is 2. The van der Waals surface area contributed by atoms with Crippen molar-refractivity contribution >= 4 is 11.8 Å². The van der Waals surface area contributed by atoms with E-state index in [0.717, 1.165) is 6.42 Å². The SMILES string of the molecule is CS[C@@]1(C)CC[C@@H]2CCC[C@H](c3ccccc3)N2[C@H]1O. The lowest BCUT2D eigenvalue weighted by molar-refractivity contribution is -0.117. The average Bonchev–Trinajstić information content (AvgIpc) is 2.51. The van der Waals surface area contributed by atoms with Crippen LogP contribution in [0.25, 0.3) is 0 Å². The summed E-state index contributed by atoms with van der Waals surface area (Å²) in [6.07, 6.45) is 7.83. The minimum Gasteiger partial charge on any atom is -0.377 e. The first kappa shape index (κ1) is 14.4. The van der Waals surface area contributed by atoms with Crippen LogP contribution in [-0.2, 0) is 0 Å². The minimum atomic E-state index is -0.332. The van der Waals surface area contributed by atoms with E-state index in [-0.39, 0.29) is 11.0 Å². The average molecular weight is 291 g/mol. The predicted molar refractivity (Wildman–Crippen MR) is 85.8 cm³/mol. The Balaban J connectivity index is 1.91. The van der Waals surface area contributed by atoms with Crippen molar-refractivity contribution < 1.29 is 5.11 Å². The monoisotopic (exact) mass is 291 g/mol. The molecule has 2 heterocycles. The summed E-state index contributed by atoms with van der Waals surface area (Å²) in [5, 5.41) is 11.0. The van der Waals surface area contributed by atoms with Crippen molar-refractivity contribution in [2.24, 2.45) is 0 Å². The Bertz CT molecular complexity index is 452. The van der Waals surface area contributed by atoms with Gasteiger partial charge in [0, 0.05) is 12.1 Å². The van der Waals surface area contributed by atoms with Crippen LogP contribution in [0.2, 0.25) is 0 Å². The van der Waals surface area contributed by atoms with E-state index in [9.17, 15) is 5.11 Å². The first-order valence-corrected chi connectivity index (χ1v) is 8.94. The van der Waals surface area contributed by atoms with Gasteiger partial charge in [-0.25, -0.2) is 0 Å². The van der Waals surface area contributed by atoms with Crippen LogP contribution in [-0.4, -0.2) is 33.3 Å². The number of benzene rings is 1. The number of thioether (sulfide) groups is 1. The Hall–Kier alpha value is -0.510. The zero-order valence-corrected chi connectivity index (χ0v) is 13.3. The van der Waals surface area contributed by atoms with Gasteiger partial charge >= 0.3 is 0 Å². The molecule has 4 atom stereocenters. The molecule has 20 heavy (non-hydrogen) atoms. The fourth-order valence-corrected chi connectivity index (χ4v) is 4.54. The molecule has 2 saturated heterocycles. The lowest BCUT2D eigenvalue weighted by atomic mass is 9.81. The topological polar surface area (TPSA) is 23.5 Å². The van der Waals surface area contributed by atoms with Crippen molar-refractivity contribution in [2.45, 2.75) is 62.1 Å². The van der Waals surface area contributed by atoms with Gasteiger partial charge in [-0.3, -0.25) is 4.90 Å². The second-order valence-corrected chi connectivity index (χ2v) is 7.73. The van der Waals surface area contributed by atoms with Crippen LogP contribution in [0.15, 0.2) is 30.3 Å². The Morgan fingerprint density at radius 2 is 1.95 bits per heavy atom. The number of hydrogen-bond acceptors (Lipinski definition) is 3. The molecule has 0 radical (unpaired) electrons. The molecule has 2 aliphatic rings. The number of nitrogens with zero attached hydrogens (tertiary/aromatic N) is 1. The third kappa shape index (κ3) is 2.40. The van der Waals surface area contributed by atoms with Gasteiger partial charge in [-0.1, -0.05) is 30.3 Å². The van der Waals surface area contributed by atoms with Gasteiger partial charge in [-0.15, -0.1) is 0 Å². The summed E-state index contributed by atoms with van der Waals surface area (Å²) in [4.78, 5) is 2.42. The summed E-state index contributed by atoms with van der Waals surface area (Å²) in [6, 6.07) is 11.7. The lowest BCUT2D eigenvalue weighted by Gasteiger charge is -2.54. The number of hydrogen-bond donors (Lipinski definition) is 1. The van der Waals surface area contributed by atoms with E-state index in [1.807, 2.05) is 11.8 Å². The van der Waals surface area contributed by atoms with E-state index in [1.165, 1.54) is 31.2 Å². The number of aliphatic hydroxyl groups is 1. The van der Waals surface area contributed by atoms with E-state index in [2.05, 4.69) is 48.4 Å². The molecule has 0 bridgehead atoms. The highest BCUT2D eigenvalue weighted by Gasteiger charge is 2.47. The van der Waals surface area contributed by atoms with Crippen molar-refractivity contribution in [3.05, 3.63) is 35.9 Å². The summed E-state index contributed by atoms with van der Waals surface area (Å²) in [6.45, 7) is 2.22. The molecule has 3 rings (SSSR count). The molecule has 0 amide bonds. The fourth-order valence-electron chi connectivity index (χ4n) is 3.88. The predicted octanol–water partition coefficient (Wildman–Crippen LogP) is 3.82. The smallest absolute Gasteiger partial charge is 0.122 e. The van der Waals surface area contributed by atoms with E-state index < -0.39 is 0 Å². The molecule has 0 aliphatic carbocycles. The Labute approximate surface area is 126 Å². The van der Waals surface area contributed by atoms with Gasteiger partial charge in [0.05, 0.1) is 4.75 Å². The number of piperidine rings is 2. The molecule has 3 heteroatoms. The van der Waals surface area contributed by atoms with Crippen molar-refractivity contribution in [1.29, 1.82) is 0 Å². The Kier molecular flexibility index (Phi) is 4.11. The van der Waals surface area contributed by atoms with E-state index in [0.29, 0.717) is 12.1 Å². The van der Waals surface area contributed by atoms with Crippen molar-refractivity contribution in [3.8, 4) is 0 Å². The zero-order chi connectivity index (χ0) is 14.2. The molecule has 110 valence electrons. The molecule has 2 nitrogen and oxygen atoms in total. The molecule has 0 aromatic heterocycles. The third-order valence-corrected chi connectivity index (χ3v) is 6.60. The summed E-state index contributed by atoms with van der Waals surface area (Å²) in [5.74, 6) is 0. The third-order valence-electron chi connectivity index (χ3n) is 5.25. The number of aliphatic hydroxyl groups excluding tert-OH is 1. The fraction of sp³-hybridized carbons (Fsp3) is 0.647. The van der Waals surface area contributed by atoms with Gasteiger partial charge in [0.15, 0.2) is 0 Å². The minimum absolute atomic E-state index is 0.0269. The first-order valence-electron chi connectivity index (χ1n) is 7.71. The molecule has 2 aliphatic heterocycles. The van der Waals surface area contributed by atoms with Gasteiger partial charge in [0.25, 0.3) is 0 Å². The summed E-state index contributed by atoms with van der Waals surface area (Å²) < 4.78 is -0.0269. The largest absolute Gasteiger partial charge is 0.377 e. The van der Waals surface area contributed by atoms with Crippen LogP contribution in [0, 0.1) is 0 Å². The molecule has 0 unspecified atom stereocenters. The van der Waals surface area contributed by atoms with E-state index in [1.54, 1.807) is 0 Å². The van der Waals surface area contributed by atoms with Crippen LogP contribution < -0.4 is 0 Å². The Morgan fingerprint density at radius 3 is 2.65 bits per heavy atom. The van der Waals surface area contributed by atoms with Crippen molar-refractivity contribution in [3.63, 3.8) is 0 Å². The molecule has 0 spiro atoms. The summed E-state index contributed by atoms with van der Waals surface area (Å²) in [5.41, 5.74) is 1.36. The number of fused-ring (bicyclic) bond motifs is 1. The maximum absolute atomic E-state index is 11.0. The molecule has 2 fully saturated rings. The van der Waals surface area contributed by atoms with Gasteiger partial charge < -0.3 is 5.11 Å². The van der Waals surface area contributed by atoms with Gasteiger partial charge in [-0.2, -0.15) is 11.8 Å². The standard InChI is InChI=1S/C17H25NOS/c1-17(20-2)12-11-14-9-6-10-15(18(14)16(17)19)13-7-4-3-5-8-13/h3-5,7-8,14-16,19H,6,9-12H2,1-2H3/t14-,15+,16-,17-/m0/s1. The quantitative estimate of drug-likeness (QED) is 0.896. The molecular formula is C17H25NOS. The van der Waals surface area contributed by atoms with Crippen molar-refractivity contribution in [1.82, 2.24) is 4.90 Å². The highest BCUT2D eigenvalue weighted by Crippen LogP contribution is 2.47. The normalized spacial score (nSPS) is 38.5. The van der Waals surface area contributed by atoms with Gasteiger partial charge in [0.2, 0.25) is 0 Å². The van der Waals surface area contributed by atoms with Crippen LogP contribution in [0.1, 0.15) is 50.6 Å². The van der Waals surface area contributed by atoms with Crippen LogP contribution in [0.5, 0.6) is 0 Å². The maximum atomic E-state index is 11.0. The molecule has 0 saturated carbocycles. The van der Waals surface area contributed by atoms with E-state index >= 15 is 0 Å². The lowest BCUT2D eigenvalue weighted by Crippen LogP contribution is -2.59. The summed E-state index contributed by atoms with van der Waals surface area (Å²) >= 11 is 1.82. The maximum Gasteiger partial charge on any atom is 0.122 e.